The molecule has 1 fully saturated rings. The standard InChI is InChI=1S/C22H20N4O3S2/c27-22(19-10-4-12-26(19)31(28,29)20-11-5-13-30-20)23-16-7-3-6-15(14-16)21-24-17-8-1-2-9-18(17)25-21/h1-3,5-9,11,13-14,19H,4,10,12H2,(H,23,27)(H,24,25). The summed E-state index contributed by atoms with van der Waals surface area (Å²) in [5.41, 5.74) is 3.24. The van der Waals surface area contributed by atoms with Crippen LogP contribution in [-0.4, -0.2) is 41.2 Å². The molecule has 2 aromatic heterocycles. The molecule has 1 saturated heterocycles. The number of fused-ring (bicyclic) bond motifs is 1. The maximum Gasteiger partial charge on any atom is 0.253 e. The van der Waals surface area contributed by atoms with Gasteiger partial charge in [-0.05, 0) is 48.6 Å². The molecule has 1 unspecified atom stereocenters. The largest absolute Gasteiger partial charge is 0.338 e. The molecule has 1 aliphatic heterocycles. The molecular formula is C22H20N4O3S2. The first-order valence-corrected chi connectivity index (χ1v) is 12.3. The summed E-state index contributed by atoms with van der Waals surface area (Å²) in [7, 11) is -3.67. The van der Waals surface area contributed by atoms with Gasteiger partial charge in [-0.25, -0.2) is 13.4 Å². The first-order valence-electron chi connectivity index (χ1n) is 9.94. The second-order valence-corrected chi connectivity index (χ2v) is 10.4. The van der Waals surface area contributed by atoms with Crippen molar-refractivity contribution in [2.24, 2.45) is 0 Å². The summed E-state index contributed by atoms with van der Waals surface area (Å²) in [6.45, 7) is 0.345. The maximum absolute atomic E-state index is 13.0. The SMILES string of the molecule is O=C(Nc1cccc(-c2nc3ccccc3[nH]2)c1)C1CCCN1S(=O)(=O)c1cccs1. The zero-order valence-corrected chi connectivity index (χ0v) is 18.1. The predicted molar refractivity (Wildman–Crippen MR) is 121 cm³/mol. The number of hydrogen-bond acceptors (Lipinski definition) is 5. The Morgan fingerprint density at radius 3 is 2.81 bits per heavy atom. The zero-order valence-electron chi connectivity index (χ0n) is 16.5. The number of sulfonamides is 1. The topological polar surface area (TPSA) is 95.2 Å². The number of nitrogens with one attached hydrogen (secondary N) is 2. The molecule has 5 rings (SSSR count). The lowest BCUT2D eigenvalue weighted by molar-refractivity contribution is -0.119. The van der Waals surface area contributed by atoms with E-state index >= 15 is 0 Å². The Hall–Kier alpha value is -3.01. The van der Waals surface area contributed by atoms with Crippen LogP contribution in [0.3, 0.4) is 0 Å². The average molecular weight is 453 g/mol. The van der Waals surface area contributed by atoms with Crippen molar-refractivity contribution in [1.82, 2.24) is 14.3 Å². The Balaban J connectivity index is 1.37. The second-order valence-electron chi connectivity index (χ2n) is 7.38. The highest BCUT2D eigenvalue weighted by Crippen LogP contribution is 2.30. The summed E-state index contributed by atoms with van der Waals surface area (Å²) in [6.07, 6.45) is 1.15. The minimum absolute atomic E-state index is 0.263. The minimum atomic E-state index is -3.67. The fourth-order valence-electron chi connectivity index (χ4n) is 3.88. The lowest BCUT2D eigenvalue weighted by atomic mass is 10.1. The lowest BCUT2D eigenvalue weighted by Gasteiger charge is -2.22. The molecule has 0 bridgehead atoms. The van der Waals surface area contributed by atoms with Gasteiger partial charge < -0.3 is 10.3 Å². The number of H-pyrrole nitrogens is 1. The van der Waals surface area contributed by atoms with E-state index in [2.05, 4.69) is 15.3 Å². The third-order valence-corrected chi connectivity index (χ3v) is 8.64. The van der Waals surface area contributed by atoms with E-state index in [4.69, 9.17) is 0 Å². The maximum atomic E-state index is 13.0. The molecule has 1 atom stereocenters. The molecule has 1 amide bonds. The number of aromatic amines is 1. The number of anilines is 1. The van der Waals surface area contributed by atoms with Gasteiger partial charge in [0.2, 0.25) is 5.91 Å². The van der Waals surface area contributed by atoms with Crippen molar-refractivity contribution in [1.29, 1.82) is 0 Å². The second kappa shape index (κ2) is 7.92. The Kier molecular flexibility index (Phi) is 5.09. The van der Waals surface area contributed by atoms with Gasteiger partial charge in [0.05, 0.1) is 11.0 Å². The van der Waals surface area contributed by atoms with Crippen LogP contribution in [0.25, 0.3) is 22.4 Å². The van der Waals surface area contributed by atoms with E-state index in [0.717, 1.165) is 27.9 Å². The van der Waals surface area contributed by atoms with Crippen molar-refractivity contribution < 1.29 is 13.2 Å². The Morgan fingerprint density at radius 2 is 2.00 bits per heavy atom. The molecule has 31 heavy (non-hydrogen) atoms. The minimum Gasteiger partial charge on any atom is -0.338 e. The smallest absolute Gasteiger partial charge is 0.253 e. The summed E-state index contributed by atoms with van der Waals surface area (Å²) >= 11 is 1.16. The molecule has 1 aliphatic rings. The highest BCUT2D eigenvalue weighted by atomic mass is 32.2. The van der Waals surface area contributed by atoms with Gasteiger partial charge in [-0.3, -0.25) is 4.79 Å². The van der Waals surface area contributed by atoms with Crippen LogP contribution in [-0.2, 0) is 14.8 Å². The number of amides is 1. The van der Waals surface area contributed by atoms with Gasteiger partial charge in [0.25, 0.3) is 10.0 Å². The summed E-state index contributed by atoms with van der Waals surface area (Å²) in [4.78, 5) is 20.9. The summed E-state index contributed by atoms with van der Waals surface area (Å²) in [6, 6.07) is 17.7. The first kappa shape index (κ1) is 19.9. The van der Waals surface area contributed by atoms with Gasteiger partial charge in [0.1, 0.15) is 16.1 Å². The molecule has 7 nitrogen and oxygen atoms in total. The van der Waals surface area contributed by atoms with E-state index in [0.29, 0.717) is 30.9 Å². The lowest BCUT2D eigenvalue weighted by Crippen LogP contribution is -2.42. The molecule has 2 aromatic carbocycles. The number of thiophene rings is 1. The number of para-hydroxylation sites is 2. The van der Waals surface area contributed by atoms with Crippen molar-refractivity contribution in [2.45, 2.75) is 23.1 Å². The Bertz CT molecular complexity index is 1310. The number of carbonyl (C=O) groups is 1. The van der Waals surface area contributed by atoms with Crippen molar-refractivity contribution in [3.63, 3.8) is 0 Å². The van der Waals surface area contributed by atoms with E-state index in [-0.39, 0.29) is 10.1 Å². The zero-order chi connectivity index (χ0) is 21.4. The third kappa shape index (κ3) is 3.76. The van der Waals surface area contributed by atoms with Gasteiger partial charge in [-0.2, -0.15) is 4.31 Å². The number of nitrogens with zero attached hydrogens (tertiary/aromatic N) is 2. The van der Waals surface area contributed by atoms with Gasteiger partial charge >= 0.3 is 0 Å². The van der Waals surface area contributed by atoms with Crippen LogP contribution in [0, 0.1) is 0 Å². The summed E-state index contributed by atoms with van der Waals surface area (Å²) in [5, 5.41) is 4.62. The number of aromatic nitrogens is 2. The molecule has 0 spiro atoms. The van der Waals surface area contributed by atoms with E-state index in [9.17, 15) is 13.2 Å². The Labute approximate surface area is 183 Å². The summed E-state index contributed by atoms with van der Waals surface area (Å²) < 4.78 is 27.4. The average Bonchev–Trinajstić information content (AvgIpc) is 3.54. The molecule has 158 valence electrons. The molecule has 2 N–H and O–H groups in total. The molecule has 4 aromatic rings. The fraction of sp³-hybridized carbons (Fsp3) is 0.182. The van der Waals surface area contributed by atoms with Crippen molar-refractivity contribution in [2.75, 3.05) is 11.9 Å². The van der Waals surface area contributed by atoms with Crippen LogP contribution in [0.4, 0.5) is 5.69 Å². The predicted octanol–water partition coefficient (Wildman–Crippen LogP) is 4.08. The molecule has 0 radical (unpaired) electrons. The molecule has 9 heteroatoms. The normalized spacial score (nSPS) is 17.2. The van der Waals surface area contributed by atoms with E-state index in [1.807, 2.05) is 42.5 Å². The van der Waals surface area contributed by atoms with Crippen LogP contribution in [0.1, 0.15) is 12.8 Å². The quantitative estimate of drug-likeness (QED) is 0.477. The van der Waals surface area contributed by atoms with Gasteiger partial charge in [-0.1, -0.05) is 30.3 Å². The van der Waals surface area contributed by atoms with Crippen LogP contribution < -0.4 is 5.32 Å². The van der Waals surface area contributed by atoms with Crippen molar-refractivity contribution >= 4 is 44.0 Å². The number of rotatable bonds is 5. The van der Waals surface area contributed by atoms with Gasteiger partial charge in [0.15, 0.2) is 0 Å². The summed E-state index contributed by atoms with van der Waals surface area (Å²) in [5.74, 6) is 0.388. The molecule has 3 heterocycles. The molecular weight excluding hydrogens is 432 g/mol. The van der Waals surface area contributed by atoms with Gasteiger partial charge in [-0.15, -0.1) is 11.3 Å². The first-order chi connectivity index (χ1) is 15.0. The monoisotopic (exact) mass is 452 g/mol. The molecule has 0 saturated carbocycles. The van der Waals surface area contributed by atoms with E-state index in [1.54, 1.807) is 23.6 Å². The van der Waals surface area contributed by atoms with Crippen molar-refractivity contribution in [3.8, 4) is 11.4 Å². The number of benzene rings is 2. The van der Waals surface area contributed by atoms with Gasteiger partial charge in [0, 0.05) is 17.8 Å². The number of imidazole rings is 1. The van der Waals surface area contributed by atoms with Crippen molar-refractivity contribution in [3.05, 3.63) is 66.0 Å². The van der Waals surface area contributed by atoms with E-state index < -0.39 is 16.1 Å². The fourth-order valence-corrected chi connectivity index (χ4v) is 6.65. The highest BCUT2D eigenvalue weighted by molar-refractivity contribution is 7.91. The number of hydrogen-bond donors (Lipinski definition) is 2. The van der Waals surface area contributed by atoms with Crippen LogP contribution >= 0.6 is 11.3 Å². The van der Waals surface area contributed by atoms with Crippen LogP contribution in [0.2, 0.25) is 0 Å². The van der Waals surface area contributed by atoms with Crippen LogP contribution in [0.5, 0.6) is 0 Å². The number of carbonyl (C=O) groups excluding carboxylic acids is 1. The molecule has 0 aliphatic carbocycles. The Morgan fingerprint density at radius 1 is 1.13 bits per heavy atom. The van der Waals surface area contributed by atoms with Crippen LogP contribution in [0.15, 0.2) is 70.3 Å². The highest BCUT2D eigenvalue weighted by Gasteiger charge is 2.39. The third-order valence-electron chi connectivity index (χ3n) is 5.36. The van der Waals surface area contributed by atoms with E-state index in [1.165, 1.54) is 4.31 Å².